The number of hydrogen-bond donors (Lipinski definition) is 0. The van der Waals surface area contributed by atoms with Crippen LogP contribution in [0, 0.1) is 0 Å². The van der Waals surface area contributed by atoms with Crippen molar-refractivity contribution >= 4 is 11.8 Å². The Bertz CT molecular complexity index is 558. The van der Waals surface area contributed by atoms with Gasteiger partial charge in [0.05, 0.1) is 12.2 Å². The van der Waals surface area contributed by atoms with Crippen molar-refractivity contribution in [2.24, 2.45) is 0 Å². The molecule has 0 aromatic carbocycles. The smallest absolute Gasteiger partial charge is 0.246 e. The largest absolute Gasteiger partial charge is 0.329 e. The number of pyridine rings is 1. The molecule has 1 aromatic rings. The maximum atomic E-state index is 12.6. The van der Waals surface area contributed by atoms with Crippen molar-refractivity contribution in [3.63, 3.8) is 0 Å². The third-order valence-electron chi connectivity index (χ3n) is 4.45. The van der Waals surface area contributed by atoms with Crippen LogP contribution in [0.2, 0.25) is 0 Å². The molecule has 2 amide bonds. The van der Waals surface area contributed by atoms with E-state index in [0.29, 0.717) is 6.54 Å². The van der Waals surface area contributed by atoms with Gasteiger partial charge < -0.3 is 9.80 Å². The summed E-state index contributed by atoms with van der Waals surface area (Å²) < 4.78 is 0. The van der Waals surface area contributed by atoms with Gasteiger partial charge in [0.2, 0.25) is 11.8 Å². The van der Waals surface area contributed by atoms with Crippen LogP contribution in [0.4, 0.5) is 0 Å². The summed E-state index contributed by atoms with van der Waals surface area (Å²) in [6.07, 6.45) is 5.46. The normalized spacial score (nSPS) is 22.4. The topological polar surface area (TPSA) is 53.5 Å². The van der Waals surface area contributed by atoms with Crippen molar-refractivity contribution in [1.29, 1.82) is 0 Å². The van der Waals surface area contributed by atoms with E-state index in [-0.39, 0.29) is 24.4 Å². The van der Waals surface area contributed by atoms with E-state index in [1.54, 1.807) is 16.0 Å². The van der Waals surface area contributed by atoms with E-state index in [1.807, 2.05) is 12.1 Å². The highest BCUT2D eigenvalue weighted by Gasteiger charge is 2.40. The summed E-state index contributed by atoms with van der Waals surface area (Å²) in [5.74, 6) is 0.162. The Kier molecular flexibility index (Phi) is 3.90. The third kappa shape index (κ3) is 2.64. The first-order valence-electron chi connectivity index (χ1n) is 7.71. The van der Waals surface area contributed by atoms with Gasteiger partial charge in [-0.1, -0.05) is 13.0 Å². The number of aryl methyl sites for hydroxylation is 1. The Morgan fingerprint density at radius 3 is 3.00 bits per heavy atom. The summed E-state index contributed by atoms with van der Waals surface area (Å²) in [5.41, 5.74) is 2.05. The van der Waals surface area contributed by atoms with E-state index in [4.69, 9.17) is 0 Å². The molecule has 1 atom stereocenters. The van der Waals surface area contributed by atoms with Crippen molar-refractivity contribution in [3.8, 4) is 0 Å². The fraction of sp³-hybridized carbons (Fsp3) is 0.562. The van der Waals surface area contributed by atoms with Crippen molar-refractivity contribution in [2.75, 3.05) is 13.1 Å². The van der Waals surface area contributed by atoms with Crippen LogP contribution in [0.5, 0.6) is 0 Å². The van der Waals surface area contributed by atoms with Gasteiger partial charge in [-0.25, -0.2) is 0 Å². The second-order valence-corrected chi connectivity index (χ2v) is 5.76. The molecule has 3 heterocycles. The zero-order valence-electron chi connectivity index (χ0n) is 12.4. The number of carbonyl (C=O) groups is 2. The Balaban J connectivity index is 1.79. The van der Waals surface area contributed by atoms with Crippen molar-refractivity contribution in [2.45, 2.75) is 45.2 Å². The molecule has 2 aliphatic rings. The maximum absolute atomic E-state index is 12.6. The lowest BCUT2D eigenvalue weighted by atomic mass is 9.98. The molecule has 0 aliphatic carbocycles. The minimum absolute atomic E-state index is 0.0771. The molecule has 0 radical (unpaired) electrons. The molecule has 1 aromatic heterocycles. The minimum Gasteiger partial charge on any atom is -0.329 e. The number of piperidine rings is 1. The van der Waals surface area contributed by atoms with E-state index in [2.05, 4.69) is 11.9 Å². The molecule has 0 spiro atoms. The van der Waals surface area contributed by atoms with Crippen LogP contribution < -0.4 is 0 Å². The first-order chi connectivity index (χ1) is 10.2. The Morgan fingerprint density at radius 2 is 2.19 bits per heavy atom. The number of hydrogen-bond acceptors (Lipinski definition) is 3. The number of aromatic nitrogens is 1. The van der Waals surface area contributed by atoms with Crippen LogP contribution in [-0.4, -0.2) is 45.7 Å². The number of amides is 2. The van der Waals surface area contributed by atoms with Gasteiger partial charge in [0, 0.05) is 12.7 Å². The molecule has 112 valence electrons. The summed E-state index contributed by atoms with van der Waals surface area (Å²) >= 11 is 0. The monoisotopic (exact) mass is 287 g/mol. The number of nitrogens with zero attached hydrogens (tertiary/aromatic N) is 3. The van der Waals surface area contributed by atoms with Crippen LogP contribution in [0.15, 0.2) is 18.3 Å². The summed E-state index contributed by atoms with van der Waals surface area (Å²) in [5, 5.41) is 0. The second kappa shape index (κ2) is 5.84. The molecule has 5 nitrogen and oxygen atoms in total. The van der Waals surface area contributed by atoms with Gasteiger partial charge >= 0.3 is 0 Å². The molecule has 2 aliphatic heterocycles. The molecular weight excluding hydrogens is 266 g/mol. The van der Waals surface area contributed by atoms with Gasteiger partial charge in [-0.05, 0) is 37.3 Å². The summed E-state index contributed by atoms with van der Waals surface area (Å²) in [7, 11) is 0. The first-order valence-corrected chi connectivity index (χ1v) is 7.71. The highest BCUT2D eigenvalue weighted by atomic mass is 16.2. The standard InChI is InChI=1S/C16H21N3O2/c1-2-12-6-5-8-17-13(12)10-18-11-15(20)19-9-4-3-7-14(19)16(18)21/h5-6,8,14H,2-4,7,9-11H2,1H3. The van der Waals surface area contributed by atoms with Gasteiger partial charge in [0.15, 0.2) is 0 Å². The van der Waals surface area contributed by atoms with E-state index < -0.39 is 0 Å². The molecular formula is C16H21N3O2. The fourth-order valence-electron chi connectivity index (χ4n) is 3.28. The summed E-state index contributed by atoms with van der Waals surface area (Å²) in [6.45, 7) is 3.44. The van der Waals surface area contributed by atoms with Crippen molar-refractivity contribution < 1.29 is 9.59 Å². The molecule has 5 heteroatoms. The summed E-state index contributed by atoms with van der Waals surface area (Å²) in [6, 6.07) is 3.70. The van der Waals surface area contributed by atoms with Gasteiger partial charge in [0.1, 0.15) is 12.6 Å². The molecule has 3 rings (SSSR count). The number of rotatable bonds is 3. The van der Waals surface area contributed by atoms with Crippen molar-refractivity contribution in [3.05, 3.63) is 29.6 Å². The van der Waals surface area contributed by atoms with Gasteiger partial charge in [0.25, 0.3) is 0 Å². The van der Waals surface area contributed by atoms with E-state index >= 15 is 0 Å². The molecule has 0 N–H and O–H groups in total. The van der Waals surface area contributed by atoms with Crippen LogP contribution in [0.3, 0.4) is 0 Å². The average molecular weight is 287 g/mol. The minimum atomic E-state index is -0.242. The lowest BCUT2D eigenvalue weighted by molar-refractivity contribution is -0.158. The van der Waals surface area contributed by atoms with Gasteiger partial charge in [-0.15, -0.1) is 0 Å². The molecule has 21 heavy (non-hydrogen) atoms. The summed E-state index contributed by atoms with van der Waals surface area (Å²) in [4.78, 5) is 32.7. The Labute approximate surface area is 124 Å². The van der Waals surface area contributed by atoms with Gasteiger partial charge in [-0.2, -0.15) is 0 Å². The molecule has 2 fully saturated rings. The Hall–Kier alpha value is -1.91. The predicted octanol–water partition coefficient (Wildman–Crippen LogP) is 1.37. The van der Waals surface area contributed by atoms with Crippen LogP contribution in [0.25, 0.3) is 0 Å². The molecule has 0 bridgehead atoms. The quantitative estimate of drug-likeness (QED) is 0.843. The average Bonchev–Trinajstić information content (AvgIpc) is 2.53. The second-order valence-electron chi connectivity index (χ2n) is 5.76. The van der Waals surface area contributed by atoms with E-state index in [9.17, 15) is 9.59 Å². The third-order valence-corrected chi connectivity index (χ3v) is 4.45. The number of piperazine rings is 1. The van der Waals surface area contributed by atoms with Crippen LogP contribution >= 0.6 is 0 Å². The SMILES string of the molecule is CCc1cccnc1CN1CC(=O)N2CCCCC2C1=O. The van der Waals surface area contributed by atoms with Crippen molar-refractivity contribution in [1.82, 2.24) is 14.8 Å². The maximum Gasteiger partial charge on any atom is 0.246 e. The van der Waals surface area contributed by atoms with E-state index in [1.165, 1.54) is 0 Å². The zero-order chi connectivity index (χ0) is 14.8. The van der Waals surface area contributed by atoms with E-state index in [0.717, 1.165) is 43.5 Å². The lowest BCUT2D eigenvalue weighted by Crippen LogP contribution is -2.60. The predicted molar refractivity (Wildman–Crippen MR) is 78.4 cm³/mol. The number of fused-ring (bicyclic) bond motifs is 1. The first kappa shape index (κ1) is 14.0. The molecule has 0 saturated carbocycles. The zero-order valence-corrected chi connectivity index (χ0v) is 12.4. The lowest BCUT2D eigenvalue weighted by Gasteiger charge is -2.42. The molecule has 1 unspecified atom stereocenters. The van der Waals surface area contributed by atoms with Gasteiger partial charge in [-0.3, -0.25) is 14.6 Å². The number of carbonyl (C=O) groups excluding carboxylic acids is 2. The highest BCUT2D eigenvalue weighted by molar-refractivity contribution is 5.95. The molecule has 2 saturated heterocycles. The Morgan fingerprint density at radius 1 is 1.33 bits per heavy atom. The highest BCUT2D eigenvalue weighted by Crippen LogP contribution is 2.24. The fourth-order valence-corrected chi connectivity index (χ4v) is 3.28. The van der Waals surface area contributed by atoms with Crippen LogP contribution in [-0.2, 0) is 22.6 Å². The van der Waals surface area contributed by atoms with Crippen LogP contribution in [0.1, 0.15) is 37.4 Å².